The van der Waals surface area contributed by atoms with Gasteiger partial charge in [-0.15, -0.1) is 11.3 Å². The van der Waals surface area contributed by atoms with Gasteiger partial charge in [-0.25, -0.2) is 0 Å². The lowest BCUT2D eigenvalue weighted by Gasteiger charge is -2.06. The molecule has 0 saturated heterocycles. The SMILES string of the molecule is C1=PNNc2ccsc21. The molecule has 0 aliphatic carbocycles. The fraction of sp³-hybridized carbons (Fsp3) is 0. The zero-order valence-corrected chi connectivity index (χ0v) is 6.30. The molecule has 1 aromatic rings. The monoisotopic (exact) mass is 156 g/mol. The largest absolute Gasteiger partial charge is 0.312 e. The van der Waals surface area contributed by atoms with E-state index >= 15 is 0 Å². The quantitative estimate of drug-likeness (QED) is 0.558. The predicted molar refractivity (Wildman–Crippen MR) is 43.2 cm³/mol. The summed E-state index contributed by atoms with van der Waals surface area (Å²) in [6, 6.07) is 2.07. The fourth-order valence-corrected chi connectivity index (χ4v) is 2.21. The van der Waals surface area contributed by atoms with Gasteiger partial charge < -0.3 is 5.43 Å². The highest BCUT2D eigenvalue weighted by Gasteiger charge is 2.01. The van der Waals surface area contributed by atoms with Crippen molar-refractivity contribution in [3.05, 3.63) is 16.3 Å². The van der Waals surface area contributed by atoms with Gasteiger partial charge in [0.15, 0.2) is 0 Å². The first kappa shape index (κ1) is 5.42. The van der Waals surface area contributed by atoms with Crippen molar-refractivity contribution < 1.29 is 0 Å². The van der Waals surface area contributed by atoms with Crippen molar-refractivity contribution in [2.45, 2.75) is 0 Å². The second-order valence-corrected chi connectivity index (χ2v) is 3.38. The van der Waals surface area contributed by atoms with E-state index in [1.165, 1.54) is 10.6 Å². The number of fused-ring (bicyclic) bond motifs is 1. The van der Waals surface area contributed by atoms with Crippen LogP contribution in [0.1, 0.15) is 4.88 Å². The molecular weight excluding hydrogens is 151 g/mol. The molecule has 2 N–H and O–H groups in total. The third kappa shape index (κ3) is 0.874. The molecule has 0 atom stereocenters. The van der Waals surface area contributed by atoms with Crippen molar-refractivity contribution in [3.63, 3.8) is 0 Å². The molecule has 0 saturated carbocycles. The standard InChI is InChI=1S/C5H5N2PS/c1-2-9-5-3-8-7-6-4(1)5/h1-3,6-7H. The second kappa shape index (κ2) is 2.10. The molecule has 0 aromatic carbocycles. The first-order valence-electron chi connectivity index (χ1n) is 2.58. The summed E-state index contributed by atoms with van der Waals surface area (Å²) in [4.78, 5) is 1.33. The Bertz CT molecular complexity index is 243. The maximum absolute atomic E-state index is 3.06. The highest BCUT2D eigenvalue weighted by atomic mass is 32.1. The maximum atomic E-state index is 3.06. The minimum Gasteiger partial charge on any atom is -0.312 e. The molecule has 0 spiro atoms. The molecule has 46 valence electrons. The zero-order valence-electron chi connectivity index (χ0n) is 4.59. The van der Waals surface area contributed by atoms with E-state index in [1.807, 2.05) is 0 Å². The van der Waals surface area contributed by atoms with Crippen molar-refractivity contribution in [2.75, 3.05) is 5.43 Å². The Labute approximate surface area is 58.7 Å². The molecule has 1 aliphatic rings. The Morgan fingerprint density at radius 2 is 2.56 bits per heavy atom. The summed E-state index contributed by atoms with van der Waals surface area (Å²) < 4.78 is 0. The van der Waals surface area contributed by atoms with Gasteiger partial charge in [-0.05, 0) is 17.2 Å². The summed E-state index contributed by atoms with van der Waals surface area (Å²) in [5.41, 5.74) is 4.25. The lowest BCUT2D eigenvalue weighted by atomic mass is 10.4. The van der Waals surface area contributed by atoms with Crippen molar-refractivity contribution in [2.24, 2.45) is 0 Å². The van der Waals surface area contributed by atoms with Gasteiger partial charge in [0.1, 0.15) is 0 Å². The number of hydrogen-bond acceptors (Lipinski definition) is 3. The molecule has 1 aromatic heterocycles. The maximum Gasteiger partial charge on any atom is 0.0678 e. The molecule has 0 fully saturated rings. The van der Waals surface area contributed by atoms with E-state index in [0.29, 0.717) is 0 Å². The Kier molecular flexibility index (Phi) is 1.27. The number of nitrogens with one attached hydrogen (secondary N) is 2. The van der Waals surface area contributed by atoms with Crippen LogP contribution in [0.25, 0.3) is 0 Å². The number of rotatable bonds is 0. The van der Waals surface area contributed by atoms with Gasteiger partial charge in [-0.1, -0.05) is 0 Å². The van der Waals surface area contributed by atoms with Gasteiger partial charge in [0.25, 0.3) is 0 Å². The van der Waals surface area contributed by atoms with E-state index in [9.17, 15) is 0 Å². The van der Waals surface area contributed by atoms with E-state index in [0.717, 1.165) is 8.35 Å². The van der Waals surface area contributed by atoms with Gasteiger partial charge in [-0.2, -0.15) is 5.20 Å². The van der Waals surface area contributed by atoms with Gasteiger partial charge in [0, 0.05) is 8.35 Å². The highest BCUT2D eigenvalue weighted by molar-refractivity contribution is 7.38. The minimum atomic E-state index is 1.14. The summed E-state index contributed by atoms with van der Waals surface area (Å²) in [7, 11) is 1.14. The summed E-state index contributed by atoms with van der Waals surface area (Å²) in [5.74, 6) is 2.15. The fourth-order valence-electron chi connectivity index (χ4n) is 0.708. The molecule has 4 heteroatoms. The lowest BCUT2D eigenvalue weighted by molar-refractivity contribution is 1.22. The molecule has 9 heavy (non-hydrogen) atoms. The van der Waals surface area contributed by atoms with Crippen molar-refractivity contribution in [3.8, 4) is 0 Å². The number of anilines is 1. The molecule has 1 aliphatic heterocycles. The number of hydrazine groups is 1. The molecule has 0 radical (unpaired) electrons. The Hall–Kier alpha value is -0.370. The predicted octanol–water partition coefficient (Wildman–Crippen LogP) is 1.69. The Balaban J connectivity index is 2.53. The van der Waals surface area contributed by atoms with Crippen molar-refractivity contribution in [1.82, 2.24) is 5.20 Å². The molecule has 2 rings (SSSR count). The zero-order chi connectivity index (χ0) is 6.10. The van der Waals surface area contributed by atoms with Crippen LogP contribution in [0, 0.1) is 0 Å². The van der Waals surface area contributed by atoms with Gasteiger partial charge in [0.05, 0.1) is 10.6 Å². The summed E-state index contributed by atoms with van der Waals surface area (Å²) in [6.45, 7) is 0. The van der Waals surface area contributed by atoms with E-state index in [4.69, 9.17) is 0 Å². The van der Waals surface area contributed by atoms with Crippen LogP contribution in [0.15, 0.2) is 11.4 Å². The van der Waals surface area contributed by atoms with Gasteiger partial charge >= 0.3 is 0 Å². The summed E-state index contributed by atoms with van der Waals surface area (Å²) in [5, 5.41) is 5.08. The topological polar surface area (TPSA) is 24.1 Å². The average molecular weight is 156 g/mol. The van der Waals surface area contributed by atoms with E-state index in [1.54, 1.807) is 11.3 Å². The van der Waals surface area contributed by atoms with Crippen LogP contribution in [-0.4, -0.2) is 5.80 Å². The van der Waals surface area contributed by atoms with Crippen LogP contribution >= 0.6 is 19.7 Å². The van der Waals surface area contributed by atoms with E-state index in [-0.39, 0.29) is 0 Å². The smallest absolute Gasteiger partial charge is 0.0678 e. The molecule has 2 nitrogen and oxygen atoms in total. The second-order valence-electron chi connectivity index (χ2n) is 1.69. The van der Waals surface area contributed by atoms with Crippen LogP contribution < -0.4 is 10.6 Å². The van der Waals surface area contributed by atoms with Crippen LogP contribution in [0.4, 0.5) is 5.69 Å². The minimum absolute atomic E-state index is 1.14. The molecule has 0 bridgehead atoms. The number of hydrogen-bond donors (Lipinski definition) is 2. The first-order chi connectivity index (χ1) is 4.47. The Morgan fingerprint density at radius 1 is 1.56 bits per heavy atom. The van der Waals surface area contributed by atoms with E-state index < -0.39 is 0 Å². The van der Waals surface area contributed by atoms with E-state index in [2.05, 4.69) is 27.9 Å². The normalized spacial score (nSPS) is 16.4. The highest BCUT2D eigenvalue weighted by Crippen LogP contribution is 2.23. The summed E-state index contributed by atoms with van der Waals surface area (Å²) in [6.07, 6.45) is 0. The first-order valence-corrected chi connectivity index (χ1v) is 4.43. The lowest BCUT2D eigenvalue weighted by Crippen LogP contribution is -2.13. The van der Waals surface area contributed by atoms with Crippen LogP contribution in [0.5, 0.6) is 0 Å². The molecule has 2 heterocycles. The van der Waals surface area contributed by atoms with Crippen LogP contribution in [0.3, 0.4) is 0 Å². The molecule has 0 amide bonds. The third-order valence-electron chi connectivity index (χ3n) is 1.13. The Morgan fingerprint density at radius 3 is 3.44 bits per heavy atom. The van der Waals surface area contributed by atoms with Crippen molar-refractivity contribution in [1.29, 1.82) is 0 Å². The van der Waals surface area contributed by atoms with Crippen LogP contribution in [0.2, 0.25) is 0 Å². The third-order valence-corrected chi connectivity index (χ3v) is 2.80. The van der Waals surface area contributed by atoms with Crippen LogP contribution in [-0.2, 0) is 0 Å². The number of thiophene rings is 1. The van der Waals surface area contributed by atoms with Gasteiger partial charge in [-0.3, -0.25) is 0 Å². The van der Waals surface area contributed by atoms with Crippen molar-refractivity contribution >= 4 is 31.2 Å². The summed E-state index contributed by atoms with van der Waals surface area (Å²) >= 11 is 1.76. The molecule has 0 unspecified atom stereocenters. The van der Waals surface area contributed by atoms with Gasteiger partial charge in [0.2, 0.25) is 0 Å². The average Bonchev–Trinajstić information content (AvgIpc) is 2.33. The molecular formula is C5H5N2PS.